The van der Waals surface area contributed by atoms with E-state index in [1.807, 2.05) is 0 Å². The summed E-state index contributed by atoms with van der Waals surface area (Å²) in [7, 11) is 0. The highest BCUT2D eigenvalue weighted by atomic mass is 19.1. The number of hydrogen-bond acceptors (Lipinski definition) is 2. The number of aromatic hydroxyl groups is 1. The van der Waals surface area contributed by atoms with Crippen LogP contribution in [-0.4, -0.2) is 17.1 Å². The maximum Gasteiger partial charge on any atom is 0.254 e. The molecule has 88 valence electrons. The van der Waals surface area contributed by atoms with Gasteiger partial charge in [-0.15, -0.1) is 0 Å². The first kappa shape index (κ1) is 12.4. The molecule has 1 aromatic carbocycles. The SMILES string of the molecule is Cc1c(O)c(F)cc(C(=O)NC(C)C)c1F. The summed E-state index contributed by atoms with van der Waals surface area (Å²) in [6.07, 6.45) is 0. The first-order chi connectivity index (χ1) is 7.34. The summed E-state index contributed by atoms with van der Waals surface area (Å²) in [6.45, 7) is 4.62. The predicted molar refractivity (Wildman–Crippen MR) is 55.4 cm³/mol. The second-order valence-corrected chi connectivity index (χ2v) is 3.82. The Labute approximate surface area is 92.1 Å². The van der Waals surface area contributed by atoms with Crippen molar-refractivity contribution in [3.8, 4) is 5.75 Å². The molecule has 0 bridgehead atoms. The molecule has 2 N–H and O–H groups in total. The molecule has 1 aromatic rings. The van der Waals surface area contributed by atoms with Gasteiger partial charge in [0.05, 0.1) is 5.56 Å². The van der Waals surface area contributed by atoms with E-state index in [4.69, 9.17) is 5.11 Å². The van der Waals surface area contributed by atoms with Crippen LogP contribution in [0.1, 0.15) is 29.8 Å². The molecule has 0 fully saturated rings. The Bertz CT molecular complexity index is 430. The van der Waals surface area contributed by atoms with Crippen molar-refractivity contribution in [3.05, 3.63) is 28.8 Å². The fourth-order valence-electron chi connectivity index (χ4n) is 1.25. The van der Waals surface area contributed by atoms with Crippen molar-refractivity contribution < 1.29 is 18.7 Å². The zero-order valence-corrected chi connectivity index (χ0v) is 9.27. The molecule has 0 aliphatic rings. The Hall–Kier alpha value is -1.65. The minimum Gasteiger partial charge on any atom is -0.505 e. The molecule has 0 aliphatic heterocycles. The van der Waals surface area contributed by atoms with Crippen LogP contribution in [-0.2, 0) is 0 Å². The van der Waals surface area contributed by atoms with Gasteiger partial charge in [0.25, 0.3) is 5.91 Å². The average Bonchev–Trinajstić information content (AvgIpc) is 2.19. The van der Waals surface area contributed by atoms with Crippen LogP contribution in [0.15, 0.2) is 6.07 Å². The molecule has 0 atom stereocenters. The van der Waals surface area contributed by atoms with E-state index in [0.29, 0.717) is 6.07 Å². The van der Waals surface area contributed by atoms with Crippen LogP contribution in [0.2, 0.25) is 0 Å². The lowest BCUT2D eigenvalue weighted by molar-refractivity contribution is 0.0938. The monoisotopic (exact) mass is 229 g/mol. The lowest BCUT2D eigenvalue weighted by atomic mass is 10.1. The molecule has 0 saturated heterocycles. The summed E-state index contributed by atoms with van der Waals surface area (Å²) in [5.74, 6) is -3.38. The highest BCUT2D eigenvalue weighted by Gasteiger charge is 2.19. The third-order valence-corrected chi connectivity index (χ3v) is 2.08. The third kappa shape index (κ3) is 2.29. The molecule has 0 spiro atoms. The first-order valence-corrected chi connectivity index (χ1v) is 4.83. The molecule has 0 radical (unpaired) electrons. The van der Waals surface area contributed by atoms with Gasteiger partial charge in [0, 0.05) is 11.6 Å². The minimum atomic E-state index is -1.01. The second-order valence-electron chi connectivity index (χ2n) is 3.82. The summed E-state index contributed by atoms with van der Waals surface area (Å²) < 4.78 is 26.7. The van der Waals surface area contributed by atoms with E-state index >= 15 is 0 Å². The van der Waals surface area contributed by atoms with Crippen LogP contribution < -0.4 is 5.32 Å². The topological polar surface area (TPSA) is 49.3 Å². The van der Waals surface area contributed by atoms with Gasteiger partial charge in [0.2, 0.25) is 0 Å². The van der Waals surface area contributed by atoms with Crippen LogP contribution in [0.5, 0.6) is 5.75 Å². The molecule has 1 amide bonds. The highest BCUT2D eigenvalue weighted by molar-refractivity contribution is 5.95. The van der Waals surface area contributed by atoms with E-state index in [-0.39, 0.29) is 11.6 Å². The lowest BCUT2D eigenvalue weighted by Gasteiger charge is -2.11. The van der Waals surface area contributed by atoms with Crippen molar-refractivity contribution in [2.45, 2.75) is 26.8 Å². The van der Waals surface area contributed by atoms with Crippen molar-refractivity contribution in [3.63, 3.8) is 0 Å². The molecule has 0 aliphatic carbocycles. The Morgan fingerprint density at radius 3 is 2.50 bits per heavy atom. The van der Waals surface area contributed by atoms with Crippen LogP contribution in [0.3, 0.4) is 0 Å². The Balaban J connectivity index is 3.20. The van der Waals surface area contributed by atoms with Gasteiger partial charge in [-0.1, -0.05) is 0 Å². The van der Waals surface area contributed by atoms with E-state index in [2.05, 4.69) is 5.32 Å². The smallest absolute Gasteiger partial charge is 0.254 e. The number of nitrogens with one attached hydrogen (secondary N) is 1. The number of carbonyl (C=O) groups excluding carboxylic acids is 1. The van der Waals surface area contributed by atoms with Crippen LogP contribution in [0.25, 0.3) is 0 Å². The van der Waals surface area contributed by atoms with E-state index in [1.165, 1.54) is 6.92 Å². The normalized spacial score (nSPS) is 10.6. The highest BCUT2D eigenvalue weighted by Crippen LogP contribution is 2.26. The summed E-state index contributed by atoms with van der Waals surface area (Å²) in [5.41, 5.74) is -0.671. The number of hydrogen-bond donors (Lipinski definition) is 2. The average molecular weight is 229 g/mol. The van der Waals surface area contributed by atoms with Crippen LogP contribution in [0, 0.1) is 18.6 Å². The van der Waals surface area contributed by atoms with Gasteiger partial charge < -0.3 is 10.4 Å². The quantitative estimate of drug-likeness (QED) is 0.816. The maximum atomic E-state index is 13.6. The molecular weight excluding hydrogens is 216 g/mol. The van der Waals surface area contributed by atoms with Crippen molar-refractivity contribution in [2.75, 3.05) is 0 Å². The predicted octanol–water partition coefficient (Wildman–Crippen LogP) is 2.12. The summed E-state index contributed by atoms with van der Waals surface area (Å²) in [6, 6.07) is 0.513. The zero-order valence-electron chi connectivity index (χ0n) is 9.27. The van der Waals surface area contributed by atoms with Crippen molar-refractivity contribution in [2.24, 2.45) is 0 Å². The molecule has 16 heavy (non-hydrogen) atoms. The van der Waals surface area contributed by atoms with Gasteiger partial charge in [-0.05, 0) is 26.8 Å². The molecule has 3 nitrogen and oxygen atoms in total. The van der Waals surface area contributed by atoms with Crippen LogP contribution in [0.4, 0.5) is 8.78 Å². The number of benzene rings is 1. The fraction of sp³-hybridized carbons (Fsp3) is 0.364. The van der Waals surface area contributed by atoms with Gasteiger partial charge in [0.1, 0.15) is 5.82 Å². The van der Waals surface area contributed by atoms with Gasteiger partial charge in [0.15, 0.2) is 11.6 Å². The minimum absolute atomic E-state index is 0.177. The van der Waals surface area contributed by atoms with Crippen LogP contribution >= 0.6 is 0 Å². The summed E-state index contributed by atoms with van der Waals surface area (Å²) >= 11 is 0. The molecule has 0 heterocycles. The summed E-state index contributed by atoms with van der Waals surface area (Å²) in [5, 5.41) is 11.6. The van der Waals surface area contributed by atoms with E-state index < -0.39 is 28.9 Å². The standard InChI is InChI=1S/C11H13F2NO2/c1-5(2)14-11(16)7-4-8(12)10(15)6(3)9(7)13/h4-5,15H,1-3H3,(H,14,16). The fourth-order valence-corrected chi connectivity index (χ4v) is 1.25. The molecule has 1 rings (SSSR count). The Morgan fingerprint density at radius 1 is 1.44 bits per heavy atom. The lowest BCUT2D eigenvalue weighted by Crippen LogP contribution is -2.31. The number of amides is 1. The Kier molecular flexibility index (Phi) is 3.47. The number of carbonyl (C=O) groups is 1. The first-order valence-electron chi connectivity index (χ1n) is 4.83. The second kappa shape index (κ2) is 4.47. The van der Waals surface area contributed by atoms with Gasteiger partial charge in [-0.3, -0.25) is 4.79 Å². The van der Waals surface area contributed by atoms with Crippen molar-refractivity contribution in [1.82, 2.24) is 5.32 Å². The Morgan fingerprint density at radius 2 is 2.00 bits per heavy atom. The van der Waals surface area contributed by atoms with E-state index in [9.17, 15) is 13.6 Å². The van der Waals surface area contributed by atoms with Gasteiger partial charge in [-0.25, -0.2) is 8.78 Å². The molecule has 5 heteroatoms. The molecule has 0 unspecified atom stereocenters. The van der Waals surface area contributed by atoms with E-state index in [0.717, 1.165) is 0 Å². The number of phenols is 1. The molecule has 0 aromatic heterocycles. The van der Waals surface area contributed by atoms with Crippen molar-refractivity contribution >= 4 is 5.91 Å². The third-order valence-electron chi connectivity index (χ3n) is 2.08. The largest absolute Gasteiger partial charge is 0.505 e. The van der Waals surface area contributed by atoms with Crippen molar-refractivity contribution in [1.29, 1.82) is 0 Å². The zero-order chi connectivity index (χ0) is 12.5. The van der Waals surface area contributed by atoms with Gasteiger partial charge >= 0.3 is 0 Å². The van der Waals surface area contributed by atoms with E-state index in [1.54, 1.807) is 13.8 Å². The van der Waals surface area contributed by atoms with Gasteiger partial charge in [-0.2, -0.15) is 0 Å². The molecular formula is C11H13F2NO2. The number of phenolic OH excluding ortho intramolecular Hbond substituents is 1. The summed E-state index contributed by atoms with van der Waals surface area (Å²) in [4.78, 5) is 11.5. The maximum absolute atomic E-state index is 13.6. The number of halogens is 2. The molecule has 0 saturated carbocycles. The number of rotatable bonds is 2.